The first-order valence-electron chi connectivity index (χ1n) is 6.58. The quantitative estimate of drug-likeness (QED) is 0.822. The highest BCUT2D eigenvalue weighted by Gasteiger charge is 2.20. The standard InChI is InChI=1S/C14H21N3O2/c1-19-11-6-14(18)17-9-7-16(8-10-17)13-4-2-12(15)3-5-13/h2-5H,6-11,15H2,1H3. The highest BCUT2D eigenvalue weighted by molar-refractivity contribution is 5.76. The zero-order valence-electron chi connectivity index (χ0n) is 11.3. The molecule has 0 bridgehead atoms. The molecule has 19 heavy (non-hydrogen) atoms. The Hall–Kier alpha value is -1.75. The number of nitrogens with zero attached hydrogens (tertiary/aromatic N) is 2. The molecule has 1 aliphatic rings. The summed E-state index contributed by atoms with van der Waals surface area (Å²) in [5.74, 6) is 0.179. The normalized spacial score (nSPS) is 15.6. The number of piperazine rings is 1. The van der Waals surface area contributed by atoms with Gasteiger partial charge in [-0.1, -0.05) is 0 Å². The summed E-state index contributed by atoms with van der Waals surface area (Å²) in [4.78, 5) is 16.0. The maximum absolute atomic E-state index is 11.9. The number of rotatable bonds is 4. The number of methoxy groups -OCH3 is 1. The molecule has 5 nitrogen and oxygen atoms in total. The van der Waals surface area contributed by atoms with Crippen LogP contribution in [0.4, 0.5) is 11.4 Å². The van der Waals surface area contributed by atoms with Crippen molar-refractivity contribution in [1.29, 1.82) is 0 Å². The molecule has 2 rings (SSSR count). The largest absolute Gasteiger partial charge is 0.399 e. The molecule has 2 N–H and O–H groups in total. The van der Waals surface area contributed by atoms with Gasteiger partial charge in [-0.25, -0.2) is 0 Å². The van der Waals surface area contributed by atoms with Crippen molar-refractivity contribution in [2.75, 3.05) is 50.5 Å². The Morgan fingerprint density at radius 1 is 1.21 bits per heavy atom. The van der Waals surface area contributed by atoms with Crippen LogP contribution >= 0.6 is 0 Å². The number of hydrogen-bond donors (Lipinski definition) is 1. The van der Waals surface area contributed by atoms with Crippen molar-refractivity contribution in [3.05, 3.63) is 24.3 Å². The average Bonchev–Trinajstić information content (AvgIpc) is 2.46. The van der Waals surface area contributed by atoms with Crippen LogP contribution in [-0.2, 0) is 9.53 Å². The van der Waals surface area contributed by atoms with E-state index in [0.717, 1.165) is 37.6 Å². The lowest BCUT2D eigenvalue weighted by Crippen LogP contribution is -2.49. The van der Waals surface area contributed by atoms with E-state index in [1.54, 1.807) is 7.11 Å². The lowest BCUT2D eigenvalue weighted by molar-refractivity contribution is -0.132. The SMILES string of the molecule is COCCC(=O)N1CCN(c2ccc(N)cc2)CC1. The Kier molecular flexibility index (Phi) is 4.63. The van der Waals surface area contributed by atoms with Gasteiger partial charge in [0.25, 0.3) is 0 Å². The van der Waals surface area contributed by atoms with Gasteiger partial charge in [0.15, 0.2) is 0 Å². The zero-order valence-corrected chi connectivity index (χ0v) is 11.3. The lowest BCUT2D eigenvalue weighted by Gasteiger charge is -2.36. The first-order valence-corrected chi connectivity index (χ1v) is 6.58. The van der Waals surface area contributed by atoms with Crippen LogP contribution < -0.4 is 10.6 Å². The Morgan fingerprint density at radius 2 is 1.84 bits per heavy atom. The fraction of sp³-hybridized carbons (Fsp3) is 0.500. The van der Waals surface area contributed by atoms with E-state index in [-0.39, 0.29) is 5.91 Å². The molecule has 5 heteroatoms. The molecular formula is C14H21N3O2. The molecule has 1 aromatic carbocycles. The van der Waals surface area contributed by atoms with Gasteiger partial charge in [0.05, 0.1) is 13.0 Å². The second kappa shape index (κ2) is 6.43. The van der Waals surface area contributed by atoms with Crippen LogP contribution in [0.5, 0.6) is 0 Å². The third-order valence-corrected chi connectivity index (χ3v) is 3.41. The molecular weight excluding hydrogens is 242 g/mol. The van der Waals surface area contributed by atoms with Gasteiger partial charge >= 0.3 is 0 Å². The monoisotopic (exact) mass is 263 g/mol. The molecule has 1 fully saturated rings. The third kappa shape index (κ3) is 3.61. The van der Waals surface area contributed by atoms with Gasteiger partial charge in [0.1, 0.15) is 0 Å². The average molecular weight is 263 g/mol. The summed E-state index contributed by atoms with van der Waals surface area (Å²) in [7, 11) is 1.62. The van der Waals surface area contributed by atoms with E-state index >= 15 is 0 Å². The van der Waals surface area contributed by atoms with Gasteiger partial charge in [-0.15, -0.1) is 0 Å². The first kappa shape index (κ1) is 13.7. The van der Waals surface area contributed by atoms with Gasteiger partial charge in [0.2, 0.25) is 5.91 Å². The van der Waals surface area contributed by atoms with Crippen molar-refractivity contribution >= 4 is 17.3 Å². The second-order valence-electron chi connectivity index (χ2n) is 4.70. The summed E-state index contributed by atoms with van der Waals surface area (Å²) in [6.07, 6.45) is 0.471. The van der Waals surface area contributed by atoms with E-state index in [4.69, 9.17) is 10.5 Å². The van der Waals surface area contributed by atoms with Crippen molar-refractivity contribution in [1.82, 2.24) is 4.90 Å². The molecule has 0 aromatic heterocycles. The van der Waals surface area contributed by atoms with Crippen LogP contribution in [0.25, 0.3) is 0 Å². The highest BCUT2D eigenvalue weighted by atomic mass is 16.5. The van der Waals surface area contributed by atoms with E-state index in [1.165, 1.54) is 0 Å². The van der Waals surface area contributed by atoms with E-state index in [0.29, 0.717) is 13.0 Å². The summed E-state index contributed by atoms with van der Waals surface area (Å²) in [6.45, 7) is 3.77. The van der Waals surface area contributed by atoms with Gasteiger partial charge < -0.3 is 20.3 Å². The van der Waals surface area contributed by atoms with Crippen molar-refractivity contribution in [3.8, 4) is 0 Å². The van der Waals surface area contributed by atoms with E-state index in [1.807, 2.05) is 29.2 Å². The van der Waals surface area contributed by atoms with E-state index in [9.17, 15) is 4.79 Å². The fourth-order valence-electron chi connectivity index (χ4n) is 2.25. The molecule has 0 aliphatic carbocycles. The molecule has 0 radical (unpaired) electrons. The number of carbonyl (C=O) groups is 1. The van der Waals surface area contributed by atoms with Crippen molar-refractivity contribution < 1.29 is 9.53 Å². The molecule has 0 unspecified atom stereocenters. The van der Waals surface area contributed by atoms with Crippen LogP contribution in [0.3, 0.4) is 0 Å². The lowest BCUT2D eigenvalue weighted by atomic mass is 10.2. The number of hydrogen-bond acceptors (Lipinski definition) is 4. The Morgan fingerprint density at radius 3 is 2.42 bits per heavy atom. The number of benzene rings is 1. The molecule has 0 spiro atoms. The second-order valence-corrected chi connectivity index (χ2v) is 4.70. The molecule has 1 saturated heterocycles. The van der Waals surface area contributed by atoms with Crippen LogP contribution in [-0.4, -0.2) is 50.7 Å². The van der Waals surface area contributed by atoms with Gasteiger partial charge in [-0.3, -0.25) is 4.79 Å². The number of nitrogen functional groups attached to an aromatic ring is 1. The summed E-state index contributed by atoms with van der Waals surface area (Å²) in [5.41, 5.74) is 7.62. The minimum atomic E-state index is 0.179. The number of amides is 1. The third-order valence-electron chi connectivity index (χ3n) is 3.41. The van der Waals surface area contributed by atoms with Crippen LogP contribution in [0.15, 0.2) is 24.3 Å². The molecule has 1 aliphatic heterocycles. The predicted octanol–water partition coefficient (Wildman–Crippen LogP) is 0.954. The van der Waals surface area contributed by atoms with Crippen molar-refractivity contribution in [3.63, 3.8) is 0 Å². The Labute approximate surface area is 113 Å². The van der Waals surface area contributed by atoms with Crippen molar-refractivity contribution in [2.45, 2.75) is 6.42 Å². The molecule has 1 heterocycles. The molecule has 104 valence electrons. The van der Waals surface area contributed by atoms with E-state index in [2.05, 4.69) is 4.90 Å². The van der Waals surface area contributed by atoms with Crippen LogP contribution in [0, 0.1) is 0 Å². The number of anilines is 2. The fourth-order valence-corrected chi connectivity index (χ4v) is 2.25. The number of carbonyl (C=O) groups excluding carboxylic acids is 1. The Bertz CT molecular complexity index is 411. The maximum atomic E-state index is 11.9. The van der Waals surface area contributed by atoms with Crippen LogP contribution in [0.1, 0.15) is 6.42 Å². The maximum Gasteiger partial charge on any atom is 0.225 e. The Balaban J connectivity index is 1.85. The summed E-state index contributed by atoms with van der Waals surface area (Å²) in [5, 5.41) is 0. The minimum absolute atomic E-state index is 0.179. The zero-order chi connectivity index (χ0) is 13.7. The van der Waals surface area contributed by atoms with Gasteiger partial charge in [-0.2, -0.15) is 0 Å². The molecule has 1 aromatic rings. The van der Waals surface area contributed by atoms with E-state index < -0.39 is 0 Å². The minimum Gasteiger partial charge on any atom is -0.399 e. The van der Waals surface area contributed by atoms with Gasteiger partial charge in [-0.05, 0) is 24.3 Å². The van der Waals surface area contributed by atoms with Gasteiger partial charge in [0, 0.05) is 44.7 Å². The summed E-state index contributed by atoms with van der Waals surface area (Å²) >= 11 is 0. The van der Waals surface area contributed by atoms with Crippen LogP contribution in [0.2, 0.25) is 0 Å². The number of ether oxygens (including phenoxy) is 1. The molecule has 1 amide bonds. The number of nitrogens with two attached hydrogens (primary N) is 1. The smallest absolute Gasteiger partial charge is 0.225 e. The predicted molar refractivity (Wildman–Crippen MR) is 76.1 cm³/mol. The first-order chi connectivity index (χ1) is 9.20. The molecule has 0 atom stereocenters. The topological polar surface area (TPSA) is 58.8 Å². The highest BCUT2D eigenvalue weighted by Crippen LogP contribution is 2.18. The molecule has 0 saturated carbocycles. The summed E-state index contributed by atoms with van der Waals surface area (Å²) < 4.78 is 4.94. The summed E-state index contributed by atoms with van der Waals surface area (Å²) in [6, 6.07) is 7.87. The van der Waals surface area contributed by atoms with Crippen molar-refractivity contribution in [2.24, 2.45) is 0 Å².